The van der Waals surface area contributed by atoms with E-state index < -0.39 is 0 Å². The van der Waals surface area contributed by atoms with Crippen LogP contribution >= 0.6 is 12.2 Å². The van der Waals surface area contributed by atoms with Crippen LogP contribution in [0.15, 0.2) is 78.9 Å². The summed E-state index contributed by atoms with van der Waals surface area (Å²) in [4.78, 5) is 0. The Labute approximate surface area is 182 Å². The van der Waals surface area contributed by atoms with Gasteiger partial charge in [0.05, 0.1) is 13.2 Å². The van der Waals surface area contributed by atoms with Crippen LogP contribution in [0.1, 0.15) is 19.3 Å². The van der Waals surface area contributed by atoms with Crippen molar-refractivity contribution in [2.75, 3.05) is 18.5 Å². The van der Waals surface area contributed by atoms with E-state index in [0.717, 1.165) is 47.9 Å². The molecule has 6 heteroatoms. The van der Waals surface area contributed by atoms with E-state index in [4.69, 9.17) is 32.2 Å². The van der Waals surface area contributed by atoms with Gasteiger partial charge >= 0.3 is 0 Å². The highest BCUT2D eigenvalue weighted by atomic mass is 32.1. The summed E-state index contributed by atoms with van der Waals surface area (Å²) < 4.78 is 17.4. The third-order valence-electron chi connectivity index (χ3n) is 4.23. The number of anilines is 1. The lowest BCUT2D eigenvalue weighted by atomic mass is 10.2. The Hall–Kier alpha value is -3.25. The Bertz CT molecular complexity index is 917. The third kappa shape index (κ3) is 7.64. The first-order chi connectivity index (χ1) is 14.7. The quantitative estimate of drug-likeness (QED) is 0.302. The molecule has 0 saturated carbocycles. The minimum absolute atomic E-state index is 0.241. The van der Waals surface area contributed by atoms with Gasteiger partial charge in [-0.3, -0.25) is 0 Å². The first-order valence-corrected chi connectivity index (χ1v) is 10.3. The van der Waals surface area contributed by atoms with Crippen LogP contribution in [0.3, 0.4) is 0 Å². The van der Waals surface area contributed by atoms with Crippen LogP contribution in [0, 0.1) is 0 Å². The molecule has 3 N–H and O–H groups in total. The number of ether oxygens (including phenoxy) is 3. The van der Waals surface area contributed by atoms with Crippen molar-refractivity contribution in [3.63, 3.8) is 0 Å². The van der Waals surface area contributed by atoms with Crippen LogP contribution in [0.5, 0.6) is 23.0 Å². The van der Waals surface area contributed by atoms with Gasteiger partial charge in [0.15, 0.2) is 5.11 Å². The lowest BCUT2D eigenvalue weighted by molar-refractivity contribution is 0.279. The largest absolute Gasteiger partial charge is 0.494 e. The van der Waals surface area contributed by atoms with Gasteiger partial charge in [0.2, 0.25) is 0 Å². The molecule has 3 aromatic rings. The lowest BCUT2D eigenvalue weighted by Gasteiger charge is -2.10. The minimum atomic E-state index is 0.241. The van der Waals surface area contributed by atoms with Gasteiger partial charge in [-0.1, -0.05) is 24.3 Å². The zero-order valence-electron chi connectivity index (χ0n) is 16.8. The minimum Gasteiger partial charge on any atom is -0.494 e. The second-order valence-electron chi connectivity index (χ2n) is 6.66. The van der Waals surface area contributed by atoms with Gasteiger partial charge < -0.3 is 25.3 Å². The van der Waals surface area contributed by atoms with Gasteiger partial charge in [0.1, 0.15) is 23.0 Å². The molecule has 30 heavy (non-hydrogen) atoms. The SMILES string of the molecule is NC(=S)Nc1cccc(OCCCCCOc2ccc(Oc3ccccc3)cc2)c1. The molecular weight excluding hydrogens is 396 g/mol. The summed E-state index contributed by atoms with van der Waals surface area (Å²) in [7, 11) is 0. The highest BCUT2D eigenvalue weighted by Gasteiger charge is 2.00. The fraction of sp³-hybridized carbons (Fsp3) is 0.208. The van der Waals surface area contributed by atoms with Crippen LogP contribution in [-0.4, -0.2) is 18.3 Å². The second kappa shape index (κ2) is 11.7. The summed E-state index contributed by atoms with van der Waals surface area (Å²) in [6.45, 7) is 1.33. The topological polar surface area (TPSA) is 65.7 Å². The van der Waals surface area contributed by atoms with Gasteiger partial charge in [0, 0.05) is 11.8 Å². The number of nitrogens with two attached hydrogens (primary N) is 1. The number of para-hydroxylation sites is 1. The highest BCUT2D eigenvalue weighted by Crippen LogP contribution is 2.23. The zero-order valence-corrected chi connectivity index (χ0v) is 17.6. The maximum absolute atomic E-state index is 5.80. The van der Waals surface area contributed by atoms with E-state index in [1.165, 1.54) is 0 Å². The van der Waals surface area contributed by atoms with Crippen molar-refractivity contribution in [1.82, 2.24) is 0 Å². The summed E-state index contributed by atoms with van der Waals surface area (Å²) >= 11 is 4.84. The number of rotatable bonds is 11. The molecule has 0 aliphatic heterocycles. The molecule has 0 fully saturated rings. The Kier molecular flexibility index (Phi) is 8.35. The molecule has 0 radical (unpaired) electrons. The van der Waals surface area contributed by atoms with Crippen LogP contribution in [0.25, 0.3) is 0 Å². The van der Waals surface area contributed by atoms with Gasteiger partial charge in [-0.15, -0.1) is 0 Å². The summed E-state index contributed by atoms with van der Waals surface area (Å²) in [6, 6.07) is 25.0. The molecular formula is C24H26N2O3S. The number of hydrogen-bond donors (Lipinski definition) is 2. The summed E-state index contributed by atoms with van der Waals surface area (Å²) in [5.41, 5.74) is 6.31. The predicted molar refractivity (Wildman–Crippen MR) is 125 cm³/mol. The van der Waals surface area contributed by atoms with E-state index in [2.05, 4.69) is 5.32 Å². The molecule has 156 valence electrons. The van der Waals surface area contributed by atoms with Crippen molar-refractivity contribution in [2.24, 2.45) is 5.73 Å². The molecule has 0 saturated heterocycles. The maximum Gasteiger partial charge on any atom is 0.168 e. The van der Waals surface area contributed by atoms with E-state index in [1.807, 2.05) is 78.9 Å². The molecule has 0 amide bonds. The maximum atomic E-state index is 5.80. The van der Waals surface area contributed by atoms with E-state index in [-0.39, 0.29) is 5.11 Å². The Morgan fingerprint density at radius 1 is 0.700 bits per heavy atom. The molecule has 0 unspecified atom stereocenters. The van der Waals surface area contributed by atoms with Gasteiger partial charge in [-0.25, -0.2) is 0 Å². The Morgan fingerprint density at radius 2 is 1.30 bits per heavy atom. The zero-order chi connectivity index (χ0) is 21.0. The van der Waals surface area contributed by atoms with Crippen LogP contribution in [0.2, 0.25) is 0 Å². The molecule has 5 nitrogen and oxygen atoms in total. The van der Waals surface area contributed by atoms with Crippen molar-refractivity contribution < 1.29 is 14.2 Å². The van der Waals surface area contributed by atoms with Crippen molar-refractivity contribution in [3.8, 4) is 23.0 Å². The molecule has 0 aliphatic rings. The Balaban J connectivity index is 1.29. The lowest BCUT2D eigenvalue weighted by Crippen LogP contribution is -2.18. The first-order valence-electron chi connectivity index (χ1n) is 9.94. The average Bonchev–Trinajstić information content (AvgIpc) is 2.75. The van der Waals surface area contributed by atoms with Crippen molar-refractivity contribution in [2.45, 2.75) is 19.3 Å². The highest BCUT2D eigenvalue weighted by molar-refractivity contribution is 7.80. The summed E-state index contributed by atoms with van der Waals surface area (Å²) in [6.07, 6.45) is 2.95. The number of nitrogens with one attached hydrogen (secondary N) is 1. The Morgan fingerprint density at radius 3 is 2.00 bits per heavy atom. The van der Waals surface area contributed by atoms with Crippen molar-refractivity contribution in [1.29, 1.82) is 0 Å². The van der Waals surface area contributed by atoms with Crippen molar-refractivity contribution in [3.05, 3.63) is 78.9 Å². The van der Waals surface area contributed by atoms with Crippen molar-refractivity contribution >= 4 is 23.0 Å². The molecule has 0 spiro atoms. The van der Waals surface area contributed by atoms with Crippen LogP contribution < -0.4 is 25.3 Å². The van der Waals surface area contributed by atoms with Gasteiger partial charge in [-0.2, -0.15) is 0 Å². The third-order valence-corrected chi connectivity index (χ3v) is 4.33. The molecule has 0 aromatic heterocycles. The van der Waals surface area contributed by atoms with E-state index in [0.29, 0.717) is 13.2 Å². The average molecular weight is 423 g/mol. The fourth-order valence-corrected chi connectivity index (χ4v) is 2.91. The second-order valence-corrected chi connectivity index (χ2v) is 7.10. The van der Waals surface area contributed by atoms with E-state index >= 15 is 0 Å². The number of thiocarbonyl (C=S) groups is 1. The standard InChI is InChI=1S/C24H26N2O3S/c25-24(30)26-19-8-7-11-23(18-19)28-17-6-2-5-16-27-20-12-14-22(15-13-20)29-21-9-3-1-4-10-21/h1,3-4,7-15,18H,2,5-6,16-17H2,(H3,25,26,30). The number of hydrogen-bond acceptors (Lipinski definition) is 4. The fourth-order valence-electron chi connectivity index (χ4n) is 2.80. The first kappa shape index (κ1) is 21.5. The molecule has 0 atom stereocenters. The van der Waals surface area contributed by atoms with Crippen LogP contribution in [-0.2, 0) is 0 Å². The van der Waals surface area contributed by atoms with E-state index in [1.54, 1.807) is 0 Å². The smallest absolute Gasteiger partial charge is 0.168 e. The molecule has 3 rings (SSSR count). The molecule has 0 bridgehead atoms. The van der Waals surface area contributed by atoms with E-state index in [9.17, 15) is 0 Å². The molecule has 3 aromatic carbocycles. The normalized spacial score (nSPS) is 10.3. The molecule has 0 heterocycles. The molecule has 0 aliphatic carbocycles. The van der Waals surface area contributed by atoms with Gasteiger partial charge in [0.25, 0.3) is 0 Å². The summed E-state index contributed by atoms with van der Waals surface area (Å²) in [5, 5.41) is 3.14. The summed E-state index contributed by atoms with van der Waals surface area (Å²) in [5.74, 6) is 3.25. The monoisotopic (exact) mass is 422 g/mol. The predicted octanol–water partition coefficient (Wildman–Crippen LogP) is 5.76. The van der Waals surface area contributed by atoms with Gasteiger partial charge in [-0.05, 0) is 80.0 Å². The number of benzene rings is 3. The van der Waals surface area contributed by atoms with Crippen LogP contribution in [0.4, 0.5) is 5.69 Å². The number of unbranched alkanes of at least 4 members (excludes halogenated alkanes) is 2.